The third-order valence-electron chi connectivity index (χ3n) is 4.98. The maximum absolute atomic E-state index is 13.5. The number of ether oxygens (including phenoxy) is 1. The molecule has 0 radical (unpaired) electrons. The van der Waals surface area contributed by atoms with Crippen LogP contribution < -0.4 is 10.2 Å². The Bertz CT molecular complexity index is 651. The van der Waals surface area contributed by atoms with Crippen LogP contribution in [0.15, 0.2) is 18.2 Å². The Hall–Kier alpha value is -1.95. The average Bonchev–Trinajstić information content (AvgIpc) is 2.97. The fourth-order valence-electron chi connectivity index (χ4n) is 3.58. The van der Waals surface area contributed by atoms with Crippen LogP contribution in [0.1, 0.15) is 25.7 Å². The quantitative estimate of drug-likeness (QED) is 0.864. The molecule has 1 aromatic rings. The van der Waals surface area contributed by atoms with Crippen molar-refractivity contribution >= 4 is 23.2 Å². The van der Waals surface area contributed by atoms with E-state index in [9.17, 15) is 14.0 Å². The highest BCUT2D eigenvalue weighted by Gasteiger charge is 2.55. The third kappa shape index (κ3) is 1.80. The lowest BCUT2D eigenvalue weighted by Gasteiger charge is -2.52. The van der Waals surface area contributed by atoms with Crippen LogP contribution in [0, 0.1) is 11.7 Å². The molecule has 4 rings (SSSR count). The molecule has 2 aliphatic heterocycles. The highest BCUT2D eigenvalue weighted by atomic mass is 19.1. The number of nitrogens with one attached hydrogen (secondary N) is 1. The number of hydrogen-bond acceptors (Lipinski definition) is 3. The number of benzene rings is 1. The largest absolute Gasteiger partial charge is 0.381 e. The summed E-state index contributed by atoms with van der Waals surface area (Å²) in [4.78, 5) is 27.1. The Morgan fingerprint density at radius 2 is 2.23 bits per heavy atom. The summed E-state index contributed by atoms with van der Waals surface area (Å²) in [5, 5.41) is 2.76. The Balaban J connectivity index is 1.80. The van der Waals surface area contributed by atoms with Gasteiger partial charge in [0.2, 0.25) is 5.91 Å². The number of anilines is 2. The SMILES string of the molecule is O=C([C@H]1CCOC1)N1c2ccc(F)cc2NC(=O)C12CCC2. The molecule has 0 bridgehead atoms. The van der Waals surface area contributed by atoms with Crippen molar-refractivity contribution < 1.29 is 18.7 Å². The zero-order chi connectivity index (χ0) is 15.3. The second-order valence-corrected chi connectivity index (χ2v) is 6.23. The molecule has 2 amide bonds. The lowest BCUT2D eigenvalue weighted by molar-refractivity contribution is -0.132. The first-order valence-corrected chi connectivity index (χ1v) is 7.65. The fraction of sp³-hybridized carbons (Fsp3) is 0.500. The van der Waals surface area contributed by atoms with Gasteiger partial charge in [0.1, 0.15) is 11.4 Å². The van der Waals surface area contributed by atoms with Crippen molar-refractivity contribution in [2.75, 3.05) is 23.4 Å². The van der Waals surface area contributed by atoms with E-state index >= 15 is 0 Å². The van der Waals surface area contributed by atoms with Gasteiger partial charge in [0, 0.05) is 6.61 Å². The summed E-state index contributed by atoms with van der Waals surface area (Å²) < 4.78 is 18.8. The van der Waals surface area contributed by atoms with Crippen molar-refractivity contribution in [1.82, 2.24) is 0 Å². The van der Waals surface area contributed by atoms with Gasteiger partial charge in [-0.05, 0) is 43.9 Å². The van der Waals surface area contributed by atoms with E-state index in [1.165, 1.54) is 12.1 Å². The molecule has 1 saturated heterocycles. The molecular formula is C16H17FN2O3. The van der Waals surface area contributed by atoms with E-state index in [4.69, 9.17) is 4.74 Å². The summed E-state index contributed by atoms with van der Waals surface area (Å²) in [7, 11) is 0. The number of rotatable bonds is 1. The maximum Gasteiger partial charge on any atom is 0.250 e. The van der Waals surface area contributed by atoms with Crippen LogP contribution in [0.4, 0.5) is 15.8 Å². The van der Waals surface area contributed by atoms with Gasteiger partial charge in [-0.25, -0.2) is 4.39 Å². The Kier molecular flexibility index (Phi) is 2.97. The number of carbonyl (C=O) groups is 2. The van der Waals surface area contributed by atoms with Gasteiger partial charge in [0.05, 0.1) is 23.9 Å². The normalized spacial score (nSPS) is 25.6. The van der Waals surface area contributed by atoms with Gasteiger partial charge >= 0.3 is 0 Å². The molecule has 0 unspecified atom stereocenters. The van der Waals surface area contributed by atoms with E-state index in [0.29, 0.717) is 43.9 Å². The topological polar surface area (TPSA) is 58.6 Å². The predicted octanol–water partition coefficient (Wildman–Crippen LogP) is 2.07. The summed E-state index contributed by atoms with van der Waals surface area (Å²) in [5.74, 6) is -0.939. The molecule has 1 N–H and O–H groups in total. The van der Waals surface area contributed by atoms with Crippen LogP contribution in [0.25, 0.3) is 0 Å². The predicted molar refractivity (Wildman–Crippen MR) is 78.0 cm³/mol. The molecule has 1 spiro atoms. The van der Waals surface area contributed by atoms with Crippen molar-refractivity contribution in [1.29, 1.82) is 0 Å². The number of fused-ring (bicyclic) bond motifs is 1. The summed E-state index contributed by atoms with van der Waals surface area (Å²) in [5.41, 5.74) is 0.164. The Labute approximate surface area is 127 Å². The van der Waals surface area contributed by atoms with Crippen LogP contribution in [-0.4, -0.2) is 30.6 Å². The Morgan fingerprint density at radius 1 is 1.41 bits per heavy atom. The Morgan fingerprint density at radius 3 is 2.86 bits per heavy atom. The molecule has 0 aromatic heterocycles. The molecule has 2 heterocycles. The number of nitrogens with zero attached hydrogens (tertiary/aromatic N) is 1. The maximum atomic E-state index is 13.5. The third-order valence-corrected chi connectivity index (χ3v) is 4.98. The van der Waals surface area contributed by atoms with Crippen LogP contribution in [-0.2, 0) is 14.3 Å². The molecule has 1 aliphatic carbocycles. The number of amides is 2. The van der Waals surface area contributed by atoms with Crippen LogP contribution in [0.5, 0.6) is 0 Å². The van der Waals surface area contributed by atoms with Gasteiger partial charge in [-0.2, -0.15) is 0 Å². The lowest BCUT2D eigenvalue weighted by atomic mass is 9.72. The van der Waals surface area contributed by atoms with Gasteiger partial charge in [0.25, 0.3) is 5.91 Å². The zero-order valence-corrected chi connectivity index (χ0v) is 12.1. The molecule has 1 saturated carbocycles. The van der Waals surface area contributed by atoms with Crippen LogP contribution in [0.3, 0.4) is 0 Å². The molecule has 3 aliphatic rings. The molecule has 5 nitrogen and oxygen atoms in total. The monoisotopic (exact) mass is 304 g/mol. The molecular weight excluding hydrogens is 287 g/mol. The van der Waals surface area contributed by atoms with Gasteiger partial charge in [-0.1, -0.05) is 0 Å². The average molecular weight is 304 g/mol. The summed E-state index contributed by atoms with van der Waals surface area (Å²) in [6, 6.07) is 4.18. The zero-order valence-electron chi connectivity index (χ0n) is 12.1. The standard InChI is InChI=1S/C16H17FN2O3/c17-11-2-3-13-12(8-11)18-15(21)16(5-1-6-16)19(13)14(20)10-4-7-22-9-10/h2-3,8,10H,1,4-7,9H2,(H,18,21)/t10-/m0/s1. The smallest absolute Gasteiger partial charge is 0.250 e. The first-order valence-electron chi connectivity index (χ1n) is 7.65. The minimum Gasteiger partial charge on any atom is -0.381 e. The lowest BCUT2D eigenvalue weighted by Crippen LogP contribution is -2.66. The number of carbonyl (C=O) groups excluding carboxylic acids is 2. The highest BCUT2D eigenvalue weighted by molar-refractivity contribution is 6.15. The van der Waals surface area contributed by atoms with E-state index in [1.807, 2.05) is 0 Å². The van der Waals surface area contributed by atoms with Gasteiger partial charge in [-0.3, -0.25) is 14.5 Å². The minimum atomic E-state index is -0.801. The molecule has 1 atom stereocenters. The van der Waals surface area contributed by atoms with Crippen molar-refractivity contribution in [3.63, 3.8) is 0 Å². The van der Waals surface area contributed by atoms with Gasteiger partial charge in [0.15, 0.2) is 0 Å². The van der Waals surface area contributed by atoms with Crippen LogP contribution >= 0.6 is 0 Å². The van der Waals surface area contributed by atoms with Gasteiger partial charge < -0.3 is 10.1 Å². The van der Waals surface area contributed by atoms with E-state index in [2.05, 4.69) is 5.32 Å². The highest BCUT2D eigenvalue weighted by Crippen LogP contribution is 2.48. The molecule has 22 heavy (non-hydrogen) atoms. The molecule has 1 aromatic carbocycles. The van der Waals surface area contributed by atoms with Crippen molar-refractivity contribution in [3.05, 3.63) is 24.0 Å². The van der Waals surface area contributed by atoms with Gasteiger partial charge in [-0.15, -0.1) is 0 Å². The summed E-state index contributed by atoms with van der Waals surface area (Å²) in [6.07, 6.45) is 2.88. The second kappa shape index (κ2) is 4.78. The van der Waals surface area contributed by atoms with Crippen LogP contribution in [0.2, 0.25) is 0 Å². The second-order valence-electron chi connectivity index (χ2n) is 6.23. The number of halogens is 1. The van der Waals surface area contributed by atoms with Crippen molar-refractivity contribution in [3.8, 4) is 0 Å². The fourth-order valence-corrected chi connectivity index (χ4v) is 3.58. The number of hydrogen-bond donors (Lipinski definition) is 1. The first-order chi connectivity index (χ1) is 10.6. The first kappa shape index (κ1) is 13.7. The van der Waals surface area contributed by atoms with E-state index in [0.717, 1.165) is 6.42 Å². The van der Waals surface area contributed by atoms with E-state index < -0.39 is 11.4 Å². The summed E-state index contributed by atoms with van der Waals surface area (Å²) in [6.45, 7) is 0.962. The van der Waals surface area contributed by atoms with E-state index in [-0.39, 0.29) is 17.7 Å². The molecule has 6 heteroatoms. The van der Waals surface area contributed by atoms with Crippen molar-refractivity contribution in [2.24, 2.45) is 5.92 Å². The molecule has 2 fully saturated rings. The van der Waals surface area contributed by atoms with Crippen molar-refractivity contribution in [2.45, 2.75) is 31.2 Å². The minimum absolute atomic E-state index is 0.0834. The molecule has 116 valence electrons. The summed E-state index contributed by atoms with van der Waals surface area (Å²) >= 11 is 0. The van der Waals surface area contributed by atoms with E-state index in [1.54, 1.807) is 11.0 Å².